The van der Waals surface area contributed by atoms with Gasteiger partial charge in [0, 0.05) is 43.8 Å². The lowest BCUT2D eigenvalue weighted by Crippen LogP contribution is -2.49. The van der Waals surface area contributed by atoms with Crippen LogP contribution in [-0.2, 0) is 17.7 Å². The first-order valence-corrected chi connectivity index (χ1v) is 10.0. The largest absolute Gasteiger partial charge is 0.444 e. The number of pyridine rings is 1. The van der Waals surface area contributed by atoms with Crippen molar-refractivity contribution in [2.45, 2.75) is 53.2 Å². The van der Waals surface area contributed by atoms with Crippen LogP contribution in [0.2, 0.25) is 0 Å². The van der Waals surface area contributed by atoms with Crippen LogP contribution in [0, 0.1) is 6.92 Å². The molecule has 0 aliphatic carbocycles. The number of hydrogen-bond donors (Lipinski definition) is 1. The highest BCUT2D eigenvalue weighted by Gasteiger charge is 2.26. The van der Waals surface area contributed by atoms with Gasteiger partial charge in [-0.25, -0.2) is 4.79 Å². The molecule has 1 amide bonds. The molecule has 1 aliphatic rings. The van der Waals surface area contributed by atoms with E-state index in [-0.39, 0.29) is 11.7 Å². The third kappa shape index (κ3) is 4.73. The summed E-state index contributed by atoms with van der Waals surface area (Å²) < 4.78 is 5.46. The number of nitrogens with one attached hydrogen (secondary N) is 1. The lowest BCUT2D eigenvalue weighted by Gasteiger charge is -2.35. The van der Waals surface area contributed by atoms with Crippen molar-refractivity contribution in [3.63, 3.8) is 0 Å². The third-order valence-electron chi connectivity index (χ3n) is 5.18. The van der Waals surface area contributed by atoms with Gasteiger partial charge in [-0.1, -0.05) is 6.92 Å². The molecule has 0 atom stereocenters. The van der Waals surface area contributed by atoms with Crippen LogP contribution in [0.4, 0.5) is 4.79 Å². The molecule has 0 saturated carbocycles. The second kappa shape index (κ2) is 7.95. The van der Waals surface area contributed by atoms with E-state index in [0.29, 0.717) is 13.1 Å². The number of aryl methyl sites for hydroxylation is 2. The van der Waals surface area contributed by atoms with Crippen molar-refractivity contribution in [2.24, 2.45) is 0 Å². The third-order valence-corrected chi connectivity index (χ3v) is 5.18. The summed E-state index contributed by atoms with van der Waals surface area (Å²) in [5, 5.41) is 1.08. The molecule has 1 saturated heterocycles. The maximum Gasteiger partial charge on any atom is 0.410 e. The van der Waals surface area contributed by atoms with E-state index in [4.69, 9.17) is 4.74 Å². The normalized spacial score (nSPS) is 15.8. The molecule has 0 bridgehead atoms. The second-order valence-electron chi connectivity index (χ2n) is 8.59. The number of nitrogens with zero attached hydrogens (tertiary/aromatic N) is 2. The fourth-order valence-corrected chi connectivity index (χ4v) is 3.55. The molecule has 152 valence electrons. The molecule has 2 heterocycles. The number of carbonyl (C=O) groups excluding carboxylic acids is 1. The molecule has 1 fully saturated rings. The first-order valence-electron chi connectivity index (χ1n) is 10.0. The van der Waals surface area contributed by atoms with Crippen LogP contribution in [0.3, 0.4) is 0 Å². The van der Waals surface area contributed by atoms with E-state index >= 15 is 0 Å². The van der Waals surface area contributed by atoms with Crippen molar-refractivity contribution in [3.8, 4) is 0 Å². The number of fused-ring (bicyclic) bond motifs is 1. The predicted octanol–water partition coefficient (Wildman–Crippen LogP) is 3.45. The summed E-state index contributed by atoms with van der Waals surface area (Å²) in [5.74, 6) is 0. The Kier molecular flexibility index (Phi) is 5.79. The molecule has 0 spiro atoms. The van der Waals surface area contributed by atoms with Crippen LogP contribution >= 0.6 is 0 Å². The minimum absolute atomic E-state index is 0.00391. The Bertz CT molecular complexity index is 919. The number of amides is 1. The van der Waals surface area contributed by atoms with Gasteiger partial charge in [-0.15, -0.1) is 0 Å². The van der Waals surface area contributed by atoms with Gasteiger partial charge in [0.15, 0.2) is 0 Å². The number of piperazine rings is 1. The van der Waals surface area contributed by atoms with E-state index < -0.39 is 5.60 Å². The molecule has 6 nitrogen and oxygen atoms in total. The van der Waals surface area contributed by atoms with E-state index in [0.717, 1.165) is 42.5 Å². The molecule has 1 aromatic carbocycles. The number of rotatable bonds is 3. The Morgan fingerprint density at radius 3 is 2.39 bits per heavy atom. The molecular formula is C22H31N3O3. The van der Waals surface area contributed by atoms with Crippen LogP contribution in [0.5, 0.6) is 0 Å². The van der Waals surface area contributed by atoms with Crippen molar-refractivity contribution in [3.05, 3.63) is 45.2 Å². The van der Waals surface area contributed by atoms with E-state index in [1.165, 1.54) is 11.1 Å². The molecule has 1 aromatic heterocycles. The maximum atomic E-state index is 12.2. The molecule has 28 heavy (non-hydrogen) atoms. The number of H-pyrrole nitrogens is 1. The zero-order chi connectivity index (χ0) is 20.5. The van der Waals surface area contributed by atoms with E-state index in [1.54, 1.807) is 4.90 Å². The van der Waals surface area contributed by atoms with Gasteiger partial charge in [-0.05, 0) is 68.8 Å². The van der Waals surface area contributed by atoms with Crippen molar-refractivity contribution >= 4 is 17.0 Å². The maximum absolute atomic E-state index is 12.2. The van der Waals surface area contributed by atoms with Gasteiger partial charge < -0.3 is 14.6 Å². The van der Waals surface area contributed by atoms with E-state index in [1.807, 2.05) is 33.8 Å². The Balaban J connectivity index is 1.68. The van der Waals surface area contributed by atoms with Gasteiger partial charge in [0.05, 0.1) is 0 Å². The lowest BCUT2D eigenvalue weighted by atomic mass is 10.0. The molecule has 1 aliphatic heterocycles. The Morgan fingerprint density at radius 2 is 1.79 bits per heavy atom. The van der Waals surface area contributed by atoms with Gasteiger partial charge >= 0.3 is 6.09 Å². The number of aromatic nitrogens is 1. The van der Waals surface area contributed by atoms with Gasteiger partial charge in [-0.2, -0.15) is 0 Å². The minimum Gasteiger partial charge on any atom is -0.444 e. The Hall–Kier alpha value is -2.34. The summed E-state index contributed by atoms with van der Waals surface area (Å²) in [5.41, 5.74) is 3.66. The van der Waals surface area contributed by atoms with Crippen LogP contribution in [0.25, 0.3) is 10.9 Å². The average Bonchev–Trinajstić information content (AvgIpc) is 2.61. The lowest BCUT2D eigenvalue weighted by molar-refractivity contribution is 0.0139. The van der Waals surface area contributed by atoms with Crippen molar-refractivity contribution in [1.82, 2.24) is 14.8 Å². The second-order valence-corrected chi connectivity index (χ2v) is 8.59. The first-order chi connectivity index (χ1) is 13.2. The van der Waals surface area contributed by atoms with E-state index in [2.05, 4.69) is 28.9 Å². The standard InChI is InChI=1S/C22H31N3O3/c1-6-16-12-17-11-15(2)18(13-19(17)23-20(16)26)14-24-7-9-25(10-8-24)21(27)28-22(3,4)5/h11-13H,6-10,14H2,1-5H3,(H,23,26). The summed E-state index contributed by atoms with van der Waals surface area (Å²) in [6.45, 7) is 13.5. The van der Waals surface area contributed by atoms with Gasteiger partial charge in [-0.3, -0.25) is 9.69 Å². The number of aromatic amines is 1. The number of carbonyl (C=O) groups is 1. The highest BCUT2D eigenvalue weighted by Crippen LogP contribution is 2.21. The topological polar surface area (TPSA) is 65.6 Å². The van der Waals surface area contributed by atoms with Gasteiger partial charge in [0.1, 0.15) is 5.60 Å². The van der Waals surface area contributed by atoms with Gasteiger partial charge in [0.25, 0.3) is 5.56 Å². The zero-order valence-corrected chi connectivity index (χ0v) is 17.6. The minimum atomic E-state index is -0.467. The number of hydrogen-bond acceptors (Lipinski definition) is 4. The highest BCUT2D eigenvalue weighted by molar-refractivity contribution is 5.80. The summed E-state index contributed by atoms with van der Waals surface area (Å²) >= 11 is 0. The van der Waals surface area contributed by atoms with Gasteiger partial charge in [0.2, 0.25) is 0 Å². The summed E-state index contributed by atoms with van der Waals surface area (Å²) in [7, 11) is 0. The monoisotopic (exact) mass is 385 g/mol. The average molecular weight is 386 g/mol. The fraction of sp³-hybridized carbons (Fsp3) is 0.545. The first kappa shape index (κ1) is 20.4. The zero-order valence-electron chi connectivity index (χ0n) is 17.6. The molecule has 2 aromatic rings. The molecule has 3 rings (SSSR count). The Morgan fingerprint density at radius 1 is 1.11 bits per heavy atom. The Labute approximate surface area is 166 Å². The van der Waals surface area contributed by atoms with Crippen LogP contribution in [-0.4, -0.2) is 52.7 Å². The van der Waals surface area contributed by atoms with Crippen molar-refractivity contribution in [2.75, 3.05) is 26.2 Å². The smallest absolute Gasteiger partial charge is 0.410 e. The molecule has 0 unspecified atom stereocenters. The quantitative estimate of drug-likeness (QED) is 0.879. The molecule has 1 N–H and O–H groups in total. The number of benzene rings is 1. The van der Waals surface area contributed by atoms with Crippen LogP contribution in [0.15, 0.2) is 23.0 Å². The predicted molar refractivity (Wildman–Crippen MR) is 112 cm³/mol. The van der Waals surface area contributed by atoms with Crippen LogP contribution < -0.4 is 5.56 Å². The van der Waals surface area contributed by atoms with E-state index in [9.17, 15) is 9.59 Å². The molecule has 6 heteroatoms. The molecule has 0 radical (unpaired) electrons. The summed E-state index contributed by atoms with van der Waals surface area (Å²) in [6, 6.07) is 6.23. The summed E-state index contributed by atoms with van der Waals surface area (Å²) in [4.78, 5) is 31.5. The summed E-state index contributed by atoms with van der Waals surface area (Å²) in [6.07, 6.45) is 0.493. The number of ether oxygens (including phenoxy) is 1. The van der Waals surface area contributed by atoms with Crippen molar-refractivity contribution in [1.29, 1.82) is 0 Å². The van der Waals surface area contributed by atoms with Crippen LogP contribution in [0.1, 0.15) is 44.4 Å². The SMILES string of the molecule is CCc1cc2cc(C)c(CN3CCN(C(=O)OC(C)(C)C)CC3)cc2[nH]c1=O. The fourth-order valence-electron chi connectivity index (χ4n) is 3.55. The highest BCUT2D eigenvalue weighted by atomic mass is 16.6. The molecular weight excluding hydrogens is 354 g/mol. The van der Waals surface area contributed by atoms with Crippen molar-refractivity contribution < 1.29 is 9.53 Å².